The summed E-state index contributed by atoms with van der Waals surface area (Å²) in [6, 6.07) is 12.1. The van der Waals surface area contributed by atoms with Gasteiger partial charge in [-0.15, -0.1) is 0 Å². The SMILES string of the molecule is S=c1[nH]c(=S)[nH]c(=S)[nH]1.c1cnc2c(c1)ccc1ncccc12. The first-order valence-electron chi connectivity index (χ1n) is 6.65. The predicted molar refractivity (Wildman–Crippen MR) is 99.0 cm³/mol. The molecule has 5 nitrogen and oxygen atoms in total. The maximum Gasteiger partial charge on any atom is 0.178 e. The smallest absolute Gasteiger partial charge is 0.178 e. The summed E-state index contributed by atoms with van der Waals surface area (Å²) in [5.74, 6) is 0. The van der Waals surface area contributed by atoms with Crippen molar-refractivity contribution in [3.05, 3.63) is 63.1 Å². The van der Waals surface area contributed by atoms with Crippen molar-refractivity contribution in [1.82, 2.24) is 24.9 Å². The number of hydrogen-bond acceptors (Lipinski definition) is 5. The summed E-state index contributed by atoms with van der Waals surface area (Å²) in [7, 11) is 0. The van der Waals surface area contributed by atoms with Crippen molar-refractivity contribution in [2.45, 2.75) is 0 Å². The number of rotatable bonds is 0. The standard InChI is InChI=1S/C12H8N2.C3H3N3S3/c1-3-9-5-6-11-10(4-2-7-13-11)12(9)14-8-1;7-1-4-2(8)6-3(9)5-1/h1-8H;(H3,4,5,6,7,8,9). The third kappa shape index (κ3) is 3.73. The highest BCUT2D eigenvalue weighted by Crippen LogP contribution is 2.20. The molecule has 3 aromatic heterocycles. The van der Waals surface area contributed by atoms with Crippen LogP contribution in [0, 0.1) is 14.3 Å². The van der Waals surface area contributed by atoms with Crippen LogP contribution in [-0.2, 0) is 0 Å². The second-order valence-corrected chi connectivity index (χ2v) is 5.80. The number of fused-ring (bicyclic) bond motifs is 3. The van der Waals surface area contributed by atoms with Crippen molar-refractivity contribution in [3.63, 3.8) is 0 Å². The molecule has 0 spiro atoms. The Morgan fingerprint density at radius 1 is 0.696 bits per heavy atom. The fraction of sp³-hybridized carbons (Fsp3) is 0. The summed E-state index contributed by atoms with van der Waals surface area (Å²) < 4.78 is 1.34. The molecule has 0 aliphatic rings. The van der Waals surface area contributed by atoms with Gasteiger partial charge in [-0.25, -0.2) is 0 Å². The second kappa shape index (κ2) is 6.86. The molecule has 114 valence electrons. The highest BCUT2D eigenvalue weighted by atomic mass is 32.1. The number of nitrogens with zero attached hydrogens (tertiary/aromatic N) is 2. The lowest BCUT2D eigenvalue weighted by Crippen LogP contribution is -1.86. The van der Waals surface area contributed by atoms with E-state index in [2.05, 4.69) is 43.1 Å². The van der Waals surface area contributed by atoms with Crippen molar-refractivity contribution in [3.8, 4) is 0 Å². The van der Waals surface area contributed by atoms with Gasteiger partial charge >= 0.3 is 0 Å². The largest absolute Gasteiger partial charge is 0.309 e. The fourth-order valence-corrected chi connectivity index (χ4v) is 2.91. The van der Waals surface area contributed by atoms with Crippen LogP contribution in [0.2, 0.25) is 0 Å². The lowest BCUT2D eigenvalue weighted by Gasteiger charge is -2.00. The van der Waals surface area contributed by atoms with Crippen molar-refractivity contribution in [2.24, 2.45) is 0 Å². The molecule has 1 aromatic carbocycles. The first kappa shape index (κ1) is 15.6. The van der Waals surface area contributed by atoms with Gasteiger partial charge in [0, 0.05) is 23.2 Å². The van der Waals surface area contributed by atoms with Gasteiger partial charge in [0.25, 0.3) is 0 Å². The number of nitrogens with one attached hydrogen (secondary N) is 3. The third-order valence-electron chi connectivity index (χ3n) is 3.03. The topological polar surface area (TPSA) is 73.2 Å². The number of aromatic nitrogens is 5. The minimum absolute atomic E-state index is 0.448. The molecule has 4 rings (SSSR count). The minimum atomic E-state index is 0.448. The molecule has 23 heavy (non-hydrogen) atoms. The van der Waals surface area contributed by atoms with Crippen LogP contribution in [0.5, 0.6) is 0 Å². The Bertz CT molecular complexity index is 1010. The maximum absolute atomic E-state index is 4.72. The van der Waals surface area contributed by atoms with Crippen LogP contribution >= 0.6 is 36.7 Å². The Balaban J connectivity index is 0.000000151. The number of benzene rings is 1. The van der Waals surface area contributed by atoms with Crippen LogP contribution in [0.25, 0.3) is 21.8 Å². The minimum Gasteiger partial charge on any atom is -0.309 e. The average Bonchev–Trinajstić information content (AvgIpc) is 2.54. The number of aromatic amines is 3. The van der Waals surface area contributed by atoms with Crippen molar-refractivity contribution in [2.75, 3.05) is 0 Å². The summed E-state index contributed by atoms with van der Waals surface area (Å²) in [5, 5.41) is 2.28. The van der Waals surface area contributed by atoms with Gasteiger partial charge in [-0.1, -0.05) is 12.1 Å². The van der Waals surface area contributed by atoms with Gasteiger partial charge in [-0.3, -0.25) is 9.97 Å². The Morgan fingerprint density at radius 3 is 2.00 bits per heavy atom. The normalized spacial score (nSPS) is 10.3. The van der Waals surface area contributed by atoms with Crippen LogP contribution in [0.15, 0.2) is 48.8 Å². The molecule has 0 bridgehead atoms. The molecule has 0 saturated carbocycles. The van der Waals surface area contributed by atoms with Crippen molar-refractivity contribution >= 4 is 58.5 Å². The third-order valence-corrected chi connectivity index (χ3v) is 3.65. The summed E-state index contributed by atoms with van der Waals surface area (Å²) in [4.78, 5) is 16.6. The van der Waals surface area contributed by atoms with Gasteiger partial charge in [-0.2, -0.15) is 0 Å². The monoisotopic (exact) mass is 357 g/mol. The van der Waals surface area contributed by atoms with Gasteiger partial charge in [0.05, 0.1) is 11.0 Å². The molecule has 4 aromatic rings. The Kier molecular flexibility index (Phi) is 4.65. The molecule has 0 aliphatic heterocycles. The van der Waals surface area contributed by atoms with E-state index in [9.17, 15) is 0 Å². The zero-order chi connectivity index (χ0) is 16.2. The van der Waals surface area contributed by atoms with Gasteiger partial charge in [0.15, 0.2) is 14.3 Å². The molecular formula is C15H11N5S3. The van der Waals surface area contributed by atoms with Crippen LogP contribution in [0.4, 0.5) is 0 Å². The van der Waals surface area contributed by atoms with Gasteiger partial charge < -0.3 is 15.0 Å². The zero-order valence-electron chi connectivity index (χ0n) is 11.7. The van der Waals surface area contributed by atoms with E-state index in [1.807, 2.05) is 24.4 Å². The molecule has 0 amide bonds. The number of pyridine rings is 2. The number of H-pyrrole nitrogens is 3. The summed E-state index contributed by atoms with van der Waals surface area (Å²) in [6.45, 7) is 0. The van der Waals surface area contributed by atoms with E-state index < -0.39 is 0 Å². The molecule has 0 fully saturated rings. The Labute approximate surface area is 146 Å². The van der Waals surface area contributed by atoms with Crippen LogP contribution in [0.1, 0.15) is 0 Å². The molecule has 0 saturated heterocycles. The maximum atomic E-state index is 4.72. The van der Waals surface area contributed by atoms with E-state index in [1.165, 1.54) is 0 Å². The average molecular weight is 357 g/mol. The van der Waals surface area contributed by atoms with Crippen LogP contribution < -0.4 is 0 Å². The molecule has 0 unspecified atom stereocenters. The van der Waals surface area contributed by atoms with E-state index in [-0.39, 0.29) is 0 Å². The highest BCUT2D eigenvalue weighted by Gasteiger charge is 1.99. The van der Waals surface area contributed by atoms with Gasteiger partial charge in [-0.05, 0) is 60.9 Å². The van der Waals surface area contributed by atoms with Crippen molar-refractivity contribution < 1.29 is 0 Å². The lowest BCUT2D eigenvalue weighted by atomic mass is 10.1. The quantitative estimate of drug-likeness (QED) is 0.316. The van der Waals surface area contributed by atoms with E-state index in [0.29, 0.717) is 14.3 Å². The molecule has 0 atom stereocenters. The molecule has 3 heterocycles. The van der Waals surface area contributed by atoms with Crippen LogP contribution in [0.3, 0.4) is 0 Å². The molecular weight excluding hydrogens is 346 g/mol. The summed E-state index contributed by atoms with van der Waals surface area (Å²) >= 11 is 14.2. The van der Waals surface area contributed by atoms with E-state index in [0.717, 1.165) is 21.8 Å². The van der Waals surface area contributed by atoms with Crippen LogP contribution in [-0.4, -0.2) is 24.9 Å². The molecule has 3 N–H and O–H groups in total. The number of hydrogen-bond donors (Lipinski definition) is 3. The highest BCUT2D eigenvalue weighted by molar-refractivity contribution is 7.72. The first-order chi connectivity index (χ1) is 11.1. The fourth-order valence-electron chi connectivity index (χ4n) is 2.10. The lowest BCUT2D eigenvalue weighted by molar-refractivity contribution is 0.983. The first-order valence-corrected chi connectivity index (χ1v) is 7.87. The van der Waals surface area contributed by atoms with Crippen molar-refractivity contribution in [1.29, 1.82) is 0 Å². The molecule has 8 heteroatoms. The van der Waals surface area contributed by atoms with Gasteiger partial charge in [0.1, 0.15) is 0 Å². The Hall–Kier alpha value is -2.29. The molecule has 0 aliphatic carbocycles. The predicted octanol–water partition coefficient (Wildman–Crippen LogP) is 4.64. The van der Waals surface area contributed by atoms with E-state index in [4.69, 9.17) is 36.7 Å². The Morgan fingerprint density at radius 2 is 1.30 bits per heavy atom. The summed E-state index contributed by atoms with van der Waals surface area (Å²) in [6.07, 6.45) is 3.62. The second-order valence-electron chi connectivity index (χ2n) is 4.57. The zero-order valence-corrected chi connectivity index (χ0v) is 14.2. The van der Waals surface area contributed by atoms with Gasteiger partial charge in [0.2, 0.25) is 0 Å². The van der Waals surface area contributed by atoms with E-state index >= 15 is 0 Å². The molecule has 0 radical (unpaired) electrons. The summed E-state index contributed by atoms with van der Waals surface area (Å²) in [5.41, 5.74) is 2.02. The van der Waals surface area contributed by atoms with E-state index in [1.54, 1.807) is 6.20 Å².